The number of alkyl halides is 1. The summed E-state index contributed by atoms with van der Waals surface area (Å²) in [4.78, 5) is 4.75. The zero-order valence-electron chi connectivity index (χ0n) is 12.3. The lowest BCUT2D eigenvalue weighted by Crippen LogP contribution is -2.25. The molecule has 1 aromatic heterocycles. The summed E-state index contributed by atoms with van der Waals surface area (Å²) in [6.07, 6.45) is 2.60. The first-order valence-electron chi connectivity index (χ1n) is 7.23. The van der Waals surface area contributed by atoms with Crippen molar-refractivity contribution in [3.63, 3.8) is 0 Å². The summed E-state index contributed by atoms with van der Waals surface area (Å²) in [7, 11) is 0. The van der Waals surface area contributed by atoms with Gasteiger partial charge in [-0.2, -0.15) is 11.8 Å². The highest BCUT2D eigenvalue weighted by Crippen LogP contribution is 2.40. The number of nitrogens with zero attached hydrogens (tertiary/aromatic N) is 2. The maximum Gasteiger partial charge on any atom is 0.127 e. The van der Waals surface area contributed by atoms with Crippen molar-refractivity contribution < 1.29 is 0 Å². The molecule has 0 saturated carbocycles. The Kier molecular flexibility index (Phi) is 3.76. The van der Waals surface area contributed by atoms with Gasteiger partial charge in [0.1, 0.15) is 5.82 Å². The summed E-state index contributed by atoms with van der Waals surface area (Å²) >= 11 is 8.44. The van der Waals surface area contributed by atoms with Gasteiger partial charge >= 0.3 is 0 Å². The lowest BCUT2D eigenvalue weighted by molar-refractivity contribution is 0.505. The zero-order valence-corrected chi connectivity index (χ0v) is 13.9. The van der Waals surface area contributed by atoms with Crippen molar-refractivity contribution in [2.45, 2.75) is 50.3 Å². The second kappa shape index (κ2) is 5.27. The lowest BCUT2D eigenvalue weighted by atomic mass is 10.1. The second-order valence-corrected chi connectivity index (χ2v) is 8.40. The third-order valence-corrected chi connectivity index (χ3v) is 5.80. The number of imidazole rings is 1. The standard InChI is InChI=1S/C16H21ClN2S/c1-11-5-6-13-14(9-11)19(15(18-13)12(2)17)10-16(3)7-4-8-20-16/h5-6,9,12H,4,7-8,10H2,1-3H3. The molecule has 3 rings (SSSR count). The number of halogens is 1. The average Bonchev–Trinajstić information content (AvgIpc) is 2.95. The Morgan fingerprint density at radius 3 is 2.95 bits per heavy atom. The molecule has 20 heavy (non-hydrogen) atoms. The van der Waals surface area contributed by atoms with E-state index in [0.29, 0.717) is 4.75 Å². The Bertz CT molecular complexity index is 627. The second-order valence-electron chi connectivity index (χ2n) is 6.07. The van der Waals surface area contributed by atoms with E-state index in [1.54, 1.807) is 0 Å². The third kappa shape index (κ3) is 2.58. The van der Waals surface area contributed by atoms with Crippen molar-refractivity contribution in [3.8, 4) is 0 Å². The molecule has 0 bridgehead atoms. The van der Waals surface area contributed by atoms with Crippen LogP contribution in [-0.2, 0) is 6.54 Å². The van der Waals surface area contributed by atoms with Crippen LogP contribution < -0.4 is 0 Å². The summed E-state index contributed by atoms with van der Waals surface area (Å²) in [5.41, 5.74) is 3.56. The molecule has 2 atom stereocenters. The highest BCUT2D eigenvalue weighted by atomic mass is 35.5. The van der Waals surface area contributed by atoms with E-state index in [9.17, 15) is 0 Å². The third-order valence-electron chi connectivity index (χ3n) is 4.08. The van der Waals surface area contributed by atoms with Crippen LogP contribution in [0.15, 0.2) is 18.2 Å². The summed E-state index contributed by atoms with van der Waals surface area (Å²) in [5, 5.41) is -0.0577. The minimum absolute atomic E-state index is 0.0577. The van der Waals surface area contributed by atoms with Gasteiger partial charge in [0, 0.05) is 11.3 Å². The summed E-state index contributed by atoms with van der Waals surface area (Å²) < 4.78 is 2.66. The maximum absolute atomic E-state index is 6.36. The predicted octanol–water partition coefficient (Wildman–Crippen LogP) is 4.93. The Morgan fingerprint density at radius 1 is 1.50 bits per heavy atom. The maximum atomic E-state index is 6.36. The van der Waals surface area contributed by atoms with Crippen LogP contribution in [0.4, 0.5) is 0 Å². The van der Waals surface area contributed by atoms with Gasteiger partial charge in [0.25, 0.3) is 0 Å². The van der Waals surface area contributed by atoms with E-state index >= 15 is 0 Å². The number of aryl methyl sites for hydroxylation is 1. The highest BCUT2D eigenvalue weighted by Gasteiger charge is 2.31. The molecule has 0 amide bonds. The van der Waals surface area contributed by atoms with E-state index in [2.05, 4.69) is 48.4 Å². The largest absolute Gasteiger partial charge is 0.325 e. The van der Waals surface area contributed by atoms with E-state index in [1.807, 2.05) is 6.92 Å². The molecule has 4 heteroatoms. The molecule has 2 aromatic rings. The van der Waals surface area contributed by atoms with Gasteiger partial charge in [-0.25, -0.2) is 4.98 Å². The van der Waals surface area contributed by atoms with Crippen LogP contribution in [0, 0.1) is 6.92 Å². The highest BCUT2D eigenvalue weighted by molar-refractivity contribution is 8.00. The molecular weight excluding hydrogens is 288 g/mol. The van der Waals surface area contributed by atoms with Gasteiger partial charge in [-0.05, 0) is 57.1 Å². The number of fused-ring (bicyclic) bond motifs is 1. The summed E-state index contributed by atoms with van der Waals surface area (Å²) in [6.45, 7) is 7.52. The molecule has 1 aliphatic rings. The normalized spacial score (nSPS) is 24.4. The van der Waals surface area contributed by atoms with Gasteiger partial charge in [0.2, 0.25) is 0 Å². The molecule has 1 aliphatic heterocycles. The number of hydrogen-bond donors (Lipinski definition) is 0. The first kappa shape index (κ1) is 14.3. The number of aromatic nitrogens is 2. The molecule has 0 N–H and O–H groups in total. The lowest BCUT2D eigenvalue weighted by Gasteiger charge is -2.25. The molecule has 0 radical (unpaired) electrons. The molecule has 2 heterocycles. The average molecular weight is 309 g/mol. The monoisotopic (exact) mass is 308 g/mol. The Morgan fingerprint density at radius 2 is 2.30 bits per heavy atom. The quantitative estimate of drug-likeness (QED) is 0.748. The summed E-state index contributed by atoms with van der Waals surface area (Å²) in [6, 6.07) is 6.45. The van der Waals surface area contributed by atoms with Crippen molar-refractivity contribution in [2.24, 2.45) is 0 Å². The van der Waals surface area contributed by atoms with Gasteiger partial charge in [-0.3, -0.25) is 0 Å². The minimum atomic E-state index is -0.0577. The minimum Gasteiger partial charge on any atom is -0.325 e. The van der Waals surface area contributed by atoms with Crippen molar-refractivity contribution >= 4 is 34.4 Å². The van der Waals surface area contributed by atoms with Gasteiger partial charge in [-0.15, -0.1) is 11.6 Å². The summed E-state index contributed by atoms with van der Waals surface area (Å²) in [5.74, 6) is 2.27. The molecular formula is C16H21ClN2S. The SMILES string of the molecule is Cc1ccc2nc(C(C)Cl)n(CC3(C)CCCS3)c2c1. The molecule has 2 nitrogen and oxygen atoms in total. The smallest absolute Gasteiger partial charge is 0.127 e. The molecule has 108 valence electrons. The van der Waals surface area contributed by atoms with Gasteiger partial charge < -0.3 is 4.57 Å². The molecule has 1 aromatic carbocycles. The molecule has 1 saturated heterocycles. The van der Waals surface area contributed by atoms with Crippen molar-refractivity contribution in [1.82, 2.24) is 9.55 Å². The first-order valence-corrected chi connectivity index (χ1v) is 8.65. The van der Waals surface area contributed by atoms with E-state index in [1.165, 1.54) is 29.7 Å². The van der Waals surface area contributed by atoms with Crippen molar-refractivity contribution in [1.29, 1.82) is 0 Å². The topological polar surface area (TPSA) is 17.8 Å². The van der Waals surface area contributed by atoms with E-state index in [0.717, 1.165) is 17.9 Å². The van der Waals surface area contributed by atoms with Crippen LogP contribution in [0.25, 0.3) is 11.0 Å². The van der Waals surface area contributed by atoms with E-state index in [-0.39, 0.29) is 5.38 Å². The van der Waals surface area contributed by atoms with Crippen LogP contribution in [0.3, 0.4) is 0 Å². The molecule has 0 aliphatic carbocycles. The number of benzene rings is 1. The number of thioether (sulfide) groups is 1. The zero-order chi connectivity index (χ0) is 14.3. The van der Waals surface area contributed by atoms with Crippen LogP contribution in [0.5, 0.6) is 0 Å². The van der Waals surface area contributed by atoms with Crippen LogP contribution in [-0.4, -0.2) is 20.1 Å². The van der Waals surface area contributed by atoms with E-state index in [4.69, 9.17) is 16.6 Å². The fraction of sp³-hybridized carbons (Fsp3) is 0.562. The molecule has 2 unspecified atom stereocenters. The number of rotatable bonds is 3. The predicted molar refractivity (Wildman–Crippen MR) is 88.8 cm³/mol. The number of hydrogen-bond acceptors (Lipinski definition) is 2. The van der Waals surface area contributed by atoms with E-state index < -0.39 is 0 Å². The Hall–Kier alpha value is -0.670. The Labute approximate surface area is 129 Å². The van der Waals surface area contributed by atoms with Crippen LogP contribution in [0.1, 0.15) is 43.5 Å². The fourth-order valence-electron chi connectivity index (χ4n) is 3.02. The van der Waals surface area contributed by atoms with Gasteiger partial charge in [0.15, 0.2) is 0 Å². The van der Waals surface area contributed by atoms with Gasteiger partial charge in [-0.1, -0.05) is 6.07 Å². The van der Waals surface area contributed by atoms with Gasteiger partial charge in [0.05, 0.1) is 16.4 Å². The van der Waals surface area contributed by atoms with Crippen LogP contribution in [0.2, 0.25) is 0 Å². The van der Waals surface area contributed by atoms with Crippen molar-refractivity contribution in [2.75, 3.05) is 5.75 Å². The molecule has 0 spiro atoms. The Balaban J connectivity index is 2.10. The fourth-order valence-corrected chi connectivity index (χ4v) is 4.47. The van der Waals surface area contributed by atoms with Crippen LogP contribution >= 0.6 is 23.4 Å². The van der Waals surface area contributed by atoms with Crippen molar-refractivity contribution in [3.05, 3.63) is 29.6 Å². The first-order chi connectivity index (χ1) is 9.48. The molecule has 1 fully saturated rings.